The van der Waals surface area contributed by atoms with Gasteiger partial charge >= 0.3 is 11.7 Å². The molecule has 17 heavy (non-hydrogen) atoms. The lowest BCUT2D eigenvalue weighted by molar-refractivity contribution is -0.384. The van der Waals surface area contributed by atoms with Crippen molar-refractivity contribution in [2.75, 3.05) is 5.32 Å². The Morgan fingerprint density at radius 2 is 2.00 bits per heavy atom. The van der Waals surface area contributed by atoms with Crippen molar-refractivity contribution < 1.29 is 14.8 Å². The molecular weight excluding hydrogens is 224 g/mol. The molecule has 0 amide bonds. The summed E-state index contributed by atoms with van der Waals surface area (Å²) in [5, 5.41) is 22.8. The lowest BCUT2D eigenvalue weighted by Gasteiger charge is -2.22. The molecule has 0 saturated heterocycles. The molecule has 2 N–H and O–H groups in total. The maximum atomic E-state index is 10.9. The van der Waals surface area contributed by atoms with Gasteiger partial charge < -0.3 is 10.4 Å². The van der Waals surface area contributed by atoms with Crippen molar-refractivity contribution in [3.63, 3.8) is 0 Å². The Morgan fingerprint density at radius 1 is 1.41 bits per heavy atom. The van der Waals surface area contributed by atoms with Crippen molar-refractivity contribution in [2.24, 2.45) is 0 Å². The fraction of sp³-hybridized carbons (Fsp3) is 0.364. The number of anilines is 1. The van der Waals surface area contributed by atoms with Crippen LogP contribution in [0.2, 0.25) is 0 Å². The van der Waals surface area contributed by atoms with Gasteiger partial charge in [0.05, 0.1) is 4.92 Å². The molecule has 0 aliphatic rings. The van der Waals surface area contributed by atoms with Gasteiger partial charge in [-0.2, -0.15) is 0 Å². The number of nitro benzene ring substituents is 1. The van der Waals surface area contributed by atoms with Gasteiger partial charge in [0.25, 0.3) is 0 Å². The fourth-order valence-corrected chi connectivity index (χ4v) is 1.42. The second kappa shape index (κ2) is 4.40. The molecular formula is C11H14N2O4. The molecule has 6 nitrogen and oxygen atoms in total. The molecule has 0 radical (unpaired) electrons. The highest BCUT2D eigenvalue weighted by Crippen LogP contribution is 2.30. The summed E-state index contributed by atoms with van der Waals surface area (Å²) in [6, 6.07) is 4.19. The Kier molecular flexibility index (Phi) is 3.36. The van der Waals surface area contributed by atoms with E-state index >= 15 is 0 Å². The zero-order valence-corrected chi connectivity index (χ0v) is 9.85. The van der Waals surface area contributed by atoms with Gasteiger partial charge in [0.15, 0.2) is 0 Å². The Bertz CT molecular complexity index is 463. The van der Waals surface area contributed by atoms with Crippen LogP contribution in [0.5, 0.6) is 0 Å². The SMILES string of the molecule is CC(C)(C)Nc1cccc(C(=O)O)c1[N+](=O)[O-]. The summed E-state index contributed by atoms with van der Waals surface area (Å²) in [5.74, 6) is -1.31. The first-order valence-electron chi connectivity index (χ1n) is 5.01. The number of para-hydroxylation sites is 1. The predicted molar refractivity (Wildman–Crippen MR) is 63.4 cm³/mol. The molecule has 0 heterocycles. The minimum Gasteiger partial charge on any atom is -0.477 e. The smallest absolute Gasteiger partial charge is 0.342 e. The molecule has 0 bridgehead atoms. The Morgan fingerprint density at radius 3 is 2.41 bits per heavy atom. The number of rotatable bonds is 3. The van der Waals surface area contributed by atoms with Gasteiger partial charge in [-0.3, -0.25) is 10.1 Å². The van der Waals surface area contributed by atoms with Crippen LogP contribution in [0.25, 0.3) is 0 Å². The first-order valence-corrected chi connectivity index (χ1v) is 5.01. The van der Waals surface area contributed by atoms with E-state index in [1.165, 1.54) is 18.2 Å². The summed E-state index contributed by atoms with van der Waals surface area (Å²) in [7, 11) is 0. The van der Waals surface area contributed by atoms with E-state index in [1.807, 2.05) is 20.8 Å². The van der Waals surface area contributed by atoms with Gasteiger partial charge in [-0.25, -0.2) is 4.79 Å². The minimum atomic E-state index is -1.31. The number of carbonyl (C=O) groups is 1. The number of hydrogen-bond donors (Lipinski definition) is 2. The van der Waals surface area contributed by atoms with Crippen LogP contribution in [-0.2, 0) is 0 Å². The summed E-state index contributed by atoms with van der Waals surface area (Å²) < 4.78 is 0. The van der Waals surface area contributed by atoms with E-state index in [0.29, 0.717) is 0 Å². The zero-order valence-electron chi connectivity index (χ0n) is 9.85. The molecule has 92 valence electrons. The Balaban J connectivity index is 3.35. The van der Waals surface area contributed by atoms with E-state index < -0.39 is 16.6 Å². The molecule has 0 spiro atoms. The highest BCUT2D eigenvalue weighted by Gasteiger charge is 2.26. The quantitative estimate of drug-likeness (QED) is 0.623. The molecule has 0 aliphatic heterocycles. The zero-order chi connectivity index (χ0) is 13.2. The van der Waals surface area contributed by atoms with Crippen LogP contribution in [0, 0.1) is 10.1 Å². The third kappa shape index (κ3) is 3.17. The first kappa shape index (κ1) is 13.0. The Hall–Kier alpha value is -2.11. The topological polar surface area (TPSA) is 92.5 Å². The standard InChI is InChI=1S/C11H14N2O4/c1-11(2,3)12-8-6-4-5-7(10(14)15)9(8)13(16)17/h4-6,12H,1-3H3,(H,14,15). The number of benzene rings is 1. The van der Waals surface area contributed by atoms with E-state index in [1.54, 1.807) is 0 Å². The summed E-state index contributed by atoms with van der Waals surface area (Å²) in [6.45, 7) is 5.51. The van der Waals surface area contributed by atoms with E-state index in [9.17, 15) is 14.9 Å². The van der Waals surface area contributed by atoms with Gasteiger partial charge in [0, 0.05) is 5.54 Å². The van der Waals surface area contributed by atoms with Crippen molar-refractivity contribution in [2.45, 2.75) is 26.3 Å². The number of hydrogen-bond acceptors (Lipinski definition) is 4. The average molecular weight is 238 g/mol. The second-order valence-corrected chi connectivity index (χ2v) is 4.64. The second-order valence-electron chi connectivity index (χ2n) is 4.64. The maximum Gasteiger partial charge on any atom is 0.342 e. The molecule has 1 aromatic carbocycles. The molecule has 1 aromatic rings. The number of nitrogens with one attached hydrogen (secondary N) is 1. The van der Waals surface area contributed by atoms with Crippen LogP contribution in [0.15, 0.2) is 18.2 Å². The van der Waals surface area contributed by atoms with Crippen molar-refractivity contribution in [1.82, 2.24) is 0 Å². The number of carboxylic acids is 1. The number of nitro groups is 1. The van der Waals surface area contributed by atoms with Crippen molar-refractivity contribution in [3.05, 3.63) is 33.9 Å². The number of nitrogens with zero attached hydrogens (tertiary/aromatic N) is 1. The van der Waals surface area contributed by atoms with Crippen LogP contribution >= 0.6 is 0 Å². The highest BCUT2D eigenvalue weighted by molar-refractivity contribution is 5.95. The fourth-order valence-electron chi connectivity index (χ4n) is 1.42. The van der Waals surface area contributed by atoms with Crippen molar-refractivity contribution in [1.29, 1.82) is 0 Å². The van der Waals surface area contributed by atoms with E-state index in [-0.39, 0.29) is 16.8 Å². The van der Waals surface area contributed by atoms with Gasteiger partial charge in [0.1, 0.15) is 11.3 Å². The average Bonchev–Trinajstić information content (AvgIpc) is 2.14. The summed E-state index contributed by atoms with van der Waals surface area (Å²) in [4.78, 5) is 21.2. The lowest BCUT2D eigenvalue weighted by atomic mass is 10.1. The lowest BCUT2D eigenvalue weighted by Crippen LogP contribution is -2.26. The monoisotopic (exact) mass is 238 g/mol. The maximum absolute atomic E-state index is 10.9. The summed E-state index contributed by atoms with van der Waals surface area (Å²) in [6.07, 6.45) is 0. The number of aromatic carboxylic acids is 1. The van der Waals surface area contributed by atoms with Gasteiger partial charge in [-0.1, -0.05) is 6.07 Å². The van der Waals surface area contributed by atoms with Crippen molar-refractivity contribution in [3.8, 4) is 0 Å². The van der Waals surface area contributed by atoms with Crippen LogP contribution in [0.1, 0.15) is 31.1 Å². The summed E-state index contributed by atoms with van der Waals surface area (Å²) >= 11 is 0. The predicted octanol–water partition coefficient (Wildman–Crippen LogP) is 2.50. The normalized spacial score (nSPS) is 11.0. The minimum absolute atomic E-state index is 0.211. The van der Waals surface area contributed by atoms with E-state index in [4.69, 9.17) is 5.11 Å². The van der Waals surface area contributed by atoms with Crippen molar-refractivity contribution >= 4 is 17.3 Å². The third-order valence-corrected chi connectivity index (χ3v) is 1.96. The molecule has 0 saturated carbocycles. The molecule has 0 fully saturated rings. The highest BCUT2D eigenvalue weighted by atomic mass is 16.6. The molecule has 0 aromatic heterocycles. The van der Waals surface area contributed by atoms with Gasteiger partial charge in [0.2, 0.25) is 0 Å². The summed E-state index contributed by atoms with van der Waals surface area (Å²) in [5.41, 5.74) is -0.899. The number of carboxylic acid groups (broad SMARTS) is 1. The van der Waals surface area contributed by atoms with Crippen LogP contribution in [0.3, 0.4) is 0 Å². The molecule has 6 heteroatoms. The van der Waals surface area contributed by atoms with Gasteiger partial charge in [-0.15, -0.1) is 0 Å². The van der Waals surface area contributed by atoms with E-state index in [0.717, 1.165) is 0 Å². The van der Waals surface area contributed by atoms with Gasteiger partial charge in [-0.05, 0) is 32.9 Å². The van der Waals surface area contributed by atoms with Crippen LogP contribution in [-0.4, -0.2) is 21.5 Å². The Labute approximate surface area is 98.4 Å². The van der Waals surface area contributed by atoms with Crippen LogP contribution in [0.4, 0.5) is 11.4 Å². The molecule has 1 rings (SSSR count). The first-order chi connectivity index (χ1) is 7.72. The van der Waals surface area contributed by atoms with E-state index in [2.05, 4.69) is 5.32 Å². The van der Waals surface area contributed by atoms with Crippen LogP contribution < -0.4 is 5.32 Å². The molecule has 0 atom stereocenters. The molecule has 0 aliphatic carbocycles. The largest absolute Gasteiger partial charge is 0.477 e. The molecule has 0 unspecified atom stereocenters. The third-order valence-electron chi connectivity index (χ3n) is 1.96.